The van der Waals surface area contributed by atoms with E-state index in [0.717, 1.165) is 12.2 Å². The number of hydrazone groups is 1. The summed E-state index contributed by atoms with van der Waals surface area (Å²) in [7, 11) is 0. The number of non-ortho nitro benzene ring substituents is 1. The number of thioether (sulfide) groups is 1. The second-order valence-electron chi connectivity index (χ2n) is 7.43. The lowest BCUT2D eigenvalue weighted by Gasteiger charge is -2.32. The molecular weight excluding hydrogens is 442 g/mol. The molecule has 0 radical (unpaired) electrons. The lowest BCUT2D eigenvalue weighted by Crippen LogP contribution is -2.50. The second-order valence-corrected chi connectivity index (χ2v) is 8.51. The van der Waals surface area contributed by atoms with Crippen molar-refractivity contribution in [2.75, 3.05) is 5.75 Å². The summed E-state index contributed by atoms with van der Waals surface area (Å²) in [5.74, 6) is 1.51. The van der Waals surface area contributed by atoms with Crippen LogP contribution in [0.3, 0.4) is 0 Å². The summed E-state index contributed by atoms with van der Waals surface area (Å²) in [6, 6.07) is 17.1. The van der Waals surface area contributed by atoms with Crippen molar-refractivity contribution in [1.29, 1.82) is 0 Å². The molecule has 1 aromatic heterocycles. The van der Waals surface area contributed by atoms with Crippen molar-refractivity contribution < 1.29 is 14.1 Å². The molecule has 10 heteroatoms. The molecule has 1 amide bonds. The van der Waals surface area contributed by atoms with E-state index in [-0.39, 0.29) is 11.6 Å². The summed E-state index contributed by atoms with van der Waals surface area (Å²) < 4.78 is 6.08. The number of hydrogen-bond donors (Lipinski definition) is 1. The number of carbonyl (C=O) groups is 1. The van der Waals surface area contributed by atoms with Gasteiger partial charge in [-0.25, -0.2) is 10.0 Å². The van der Waals surface area contributed by atoms with Gasteiger partial charge in [-0.15, -0.1) is 5.10 Å². The Balaban J connectivity index is 1.60. The minimum Gasteiger partial charge on any atom is -0.457 e. The van der Waals surface area contributed by atoms with Crippen LogP contribution in [-0.2, 0) is 4.79 Å². The molecule has 3 aromatic rings. The third-order valence-corrected chi connectivity index (χ3v) is 6.25. The van der Waals surface area contributed by atoms with Gasteiger partial charge in [0.05, 0.1) is 10.3 Å². The lowest BCUT2D eigenvalue weighted by molar-refractivity contribution is -0.384. The van der Waals surface area contributed by atoms with Crippen molar-refractivity contribution in [1.82, 2.24) is 10.3 Å². The van der Waals surface area contributed by atoms with E-state index in [4.69, 9.17) is 9.41 Å². The quantitative estimate of drug-likeness (QED) is 0.461. The zero-order valence-electron chi connectivity index (χ0n) is 17.6. The fourth-order valence-electron chi connectivity index (χ4n) is 3.70. The van der Waals surface area contributed by atoms with Crippen LogP contribution in [0.4, 0.5) is 5.69 Å². The topological polar surface area (TPSA) is 113 Å². The van der Waals surface area contributed by atoms with E-state index >= 15 is 0 Å². The number of hydrogen-bond acceptors (Lipinski definition) is 8. The molecule has 1 atom stereocenters. The Hall–Kier alpha value is -3.92. The van der Waals surface area contributed by atoms with Gasteiger partial charge in [-0.1, -0.05) is 49.0 Å². The first-order valence-corrected chi connectivity index (χ1v) is 11.4. The lowest BCUT2D eigenvalue weighted by atomic mass is 10.1. The first kappa shape index (κ1) is 21.0. The Kier molecular flexibility index (Phi) is 5.43. The SMILES string of the molecule is CCCSC1=NN2C(=c3ccccc3=NC2c2ccc(-c3cccc([N+](=O)[O-])c3)o2)C(=O)N1. The number of fused-ring (bicyclic) bond motifs is 2. The number of amidine groups is 1. The van der Waals surface area contributed by atoms with Gasteiger partial charge in [0.15, 0.2) is 10.9 Å². The van der Waals surface area contributed by atoms with Crippen molar-refractivity contribution in [2.24, 2.45) is 10.1 Å². The molecule has 1 unspecified atom stereocenters. The zero-order valence-corrected chi connectivity index (χ0v) is 18.4. The predicted molar refractivity (Wildman–Crippen MR) is 124 cm³/mol. The largest absolute Gasteiger partial charge is 0.457 e. The van der Waals surface area contributed by atoms with E-state index in [1.807, 2.05) is 24.3 Å². The normalized spacial score (nSPS) is 16.9. The van der Waals surface area contributed by atoms with Gasteiger partial charge in [-0.2, -0.15) is 0 Å². The van der Waals surface area contributed by atoms with Crippen LogP contribution in [-0.4, -0.2) is 26.8 Å². The smallest absolute Gasteiger partial charge is 0.276 e. The van der Waals surface area contributed by atoms with Gasteiger partial charge in [-0.05, 0) is 24.6 Å². The van der Waals surface area contributed by atoms with Crippen molar-refractivity contribution in [3.05, 3.63) is 87.1 Å². The maximum absolute atomic E-state index is 13.0. The van der Waals surface area contributed by atoms with Crippen molar-refractivity contribution in [3.8, 4) is 11.3 Å². The van der Waals surface area contributed by atoms with E-state index in [0.29, 0.717) is 38.5 Å². The standard InChI is InChI=1S/C23H19N5O4S/c1-2-12-33-23-25-22(29)20-16-8-3-4-9-17(16)24-21(27(20)26-23)19-11-10-18(32-19)14-6-5-7-15(13-14)28(30)31/h3-11,13,21H,2,12H2,1H3,(H,25,26,29). The number of nitro groups is 1. The van der Waals surface area contributed by atoms with Crippen LogP contribution in [0.25, 0.3) is 17.0 Å². The van der Waals surface area contributed by atoms with Crippen LogP contribution in [0.1, 0.15) is 25.3 Å². The number of carbonyl (C=O) groups excluding carboxylic acids is 1. The molecule has 3 heterocycles. The molecule has 5 rings (SSSR count). The van der Waals surface area contributed by atoms with Gasteiger partial charge < -0.3 is 4.42 Å². The molecule has 2 aromatic carbocycles. The van der Waals surface area contributed by atoms with Crippen LogP contribution in [0.5, 0.6) is 0 Å². The molecule has 166 valence electrons. The summed E-state index contributed by atoms with van der Waals surface area (Å²) in [5.41, 5.74) is 0.960. The highest BCUT2D eigenvalue weighted by atomic mass is 32.2. The molecule has 2 aliphatic rings. The van der Waals surface area contributed by atoms with Crippen LogP contribution in [0.15, 0.2) is 75.2 Å². The van der Waals surface area contributed by atoms with Crippen LogP contribution >= 0.6 is 11.8 Å². The number of furan rings is 1. The number of amides is 1. The van der Waals surface area contributed by atoms with Crippen molar-refractivity contribution >= 4 is 34.2 Å². The Morgan fingerprint density at radius 1 is 1.18 bits per heavy atom. The maximum Gasteiger partial charge on any atom is 0.276 e. The van der Waals surface area contributed by atoms with Crippen LogP contribution < -0.4 is 15.9 Å². The molecule has 1 N–H and O–H groups in total. The van der Waals surface area contributed by atoms with E-state index in [1.165, 1.54) is 23.9 Å². The first-order valence-electron chi connectivity index (χ1n) is 10.4. The minimum atomic E-state index is -0.689. The number of nitro benzene ring substituents is 1. The highest BCUT2D eigenvalue weighted by molar-refractivity contribution is 8.13. The highest BCUT2D eigenvalue weighted by Crippen LogP contribution is 2.34. The summed E-state index contributed by atoms with van der Waals surface area (Å²) >= 11 is 1.47. The third kappa shape index (κ3) is 3.89. The Bertz CT molecular complexity index is 1410. The molecule has 0 saturated carbocycles. The van der Waals surface area contributed by atoms with E-state index in [9.17, 15) is 14.9 Å². The summed E-state index contributed by atoms with van der Waals surface area (Å²) in [4.78, 5) is 28.6. The van der Waals surface area contributed by atoms with Gasteiger partial charge in [0.2, 0.25) is 6.17 Å². The number of nitrogens with zero attached hydrogens (tertiary/aromatic N) is 4. The maximum atomic E-state index is 13.0. The van der Waals surface area contributed by atoms with Gasteiger partial charge in [-0.3, -0.25) is 20.2 Å². The summed E-state index contributed by atoms with van der Waals surface area (Å²) in [6.07, 6.45) is 0.253. The fraction of sp³-hybridized carbons (Fsp3) is 0.174. The number of benzene rings is 2. The molecule has 2 aliphatic heterocycles. The Morgan fingerprint density at radius 2 is 2.03 bits per heavy atom. The van der Waals surface area contributed by atoms with E-state index in [2.05, 4.69) is 17.3 Å². The molecule has 0 saturated heterocycles. The predicted octanol–water partition coefficient (Wildman–Crippen LogP) is 3.14. The summed E-state index contributed by atoms with van der Waals surface area (Å²) in [6.45, 7) is 2.06. The molecule has 33 heavy (non-hydrogen) atoms. The summed E-state index contributed by atoms with van der Waals surface area (Å²) in [5, 5.41) is 22.1. The number of para-hydroxylation sites is 1. The van der Waals surface area contributed by atoms with Crippen molar-refractivity contribution in [3.63, 3.8) is 0 Å². The highest BCUT2D eigenvalue weighted by Gasteiger charge is 2.36. The molecule has 0 aliphatic carbocycles. The third-order valence-electron chi connectivity index (χ3n) is 5.18. The number of rotatable bonds is 5. The molecule has 0 bridgehead atoms. The molecule has 0 fully saturated rings. The minimum absolute atomic E-state index is 0.0211. The molecule has 9 nitrogen and oxygen atoms in total. The zero-order chi connectivity index (χ0) is 22.9. The molecular formula is C23H19N5O4S. The van der Waals surface area contributed by atoms with Crippen LogP contribution in [0.2, 0.25) is 0 Å². The second kappa shape index (κ2) is 8.55. The van der Waals surface area contributed by atoms with Crippen LogP contribution in [0, 0.1) is 10.1 Å². The van der Waals surface area contributed by atoms with Crippen molar-refractivity contribution in [2.45, 2.75) is 19.5 Å². The van der Waals surface area contributed by atoms with E-state index < -0.39 is 11.1 Å². The number of nitrogens with one attached hydrogen (secondary N) is 1. The average molecular weight is 462 g/mol. The van der Waals surface area contributed by atoms with Gasteiger partial charge in [0, 0.05) is 28.7 Å². The van der Waals surface area contributed by atoms with Gasteiger partial charge in [0.1, 0.15) is 11.5 Å². The van der Waals surface area contributed by atoms with Gasteiger partial charge >= 0.3 is 0 Å². The average Bonchev–Trinajstić information content (AvgIpc) is 3.32. The fourth-order valence-corrected chi connectivity index (χ4v) is 4.40. The first-order chi connectivity index (χ1) is 16.0. The van der Waals surface area contributed by atoms with Gasteiger partial charge in [0.25, 0.3) is 11.6 Å². The molecule has 0 spiro atoms. The Labute approximate surface area is 192 Å². The Morgan fingerprint density at radius 3 is 2.85 bits per heavy atom. The van der Waals surface area contributed by atoms with E-state index in [1.54, 1.807) is 29.3 Å². The monoisotopic (exact) mass is 461 g/mol.